The van der Waals surface area contributed by atoms with Gasteiger partial charge in [0.1, 0.15) is 5.82 Å². The van der Waals surface area contributed by atoms with Gasteiger partial charge in [0.2, 0.25) is 21.8 Å². The molecule has 2 aliphatic rings. The van der Waals surface area contributed by atoms with Gasteiger partial charge in [-0.25, -0.2) is 12.8 Å². The SMILES string of the molecule is CC(=O)N1CCc2cc(Br)c(S(=O)(=O)N3CCC(C(=O)Nc4ccc(F)cc4)CC3)cc21. The van der Waals surface area contributed by atoms with Crippen LogP contribution in [0.1, 0.15) is 25.3 Å². The minimum Gasteiger partial charge on any atom is -0.326 e. The molecular weight excluding hydrogens is 501 g/mol. The fourth-order valence-corrected chi connectivity index (χ4v) is 6.73. The van der Waals surface area contributed by atoms with Gasteiger partial charge in [-0.15, -0.1) is 0 Å². The summed E-state index contributed by atoms with van der Waals surface area (Å²) in [4.78, 5) is 26.2. The molecule has 10 heteroatoms. The smallest absolute Gasteiger partial charge is 0.244 e. The highest BCUT2D eigenvalue weighted by molar-refractivity contribution is 9.10. The second-order valence-electron chi connectivity index (χ2n) is 8.01. The first-order valence-corrected chi connectivity index (χ1v) is 12.6. The molecule has 2 aliphatic heterocycles. The minimum atomic E-state index is -3.80. The average molecular weight is 524 g/mol. The molecule has 32 heavy (non-hydrogen) atoms. The molecule has 170 valence electrons. The van der Waals surface area contributed by atoms with Gasteiger partial charge in [-0.05, 0) is 77.2 Å². The van der Waals surface area contributed by atoms with E-state index in [1.807, 2.05) is 0 Å². The van der Waals surface area contributed by atoms with E-state index in [-0.39, 0.29) is 41.5 Å². The van der Waals surface area contributed by atoms with E-state index in [4.69, 9.17) is 0 Å². The van der Waals surface area contributed by atoms with E-state index < -0.39 is 10.0 Å². The van der Waals surface area contributed by atoms with E-state index in [0.717, 1.165) is 5.56 Å². The van der Waals surface area contributed by atoms with Gasteiger partial charge in [-0.2, -0.15) is 4.31 Å². The number of carbonyl (C=O) groups is 2. The van der Waals surface area contributed by atoms with Crippen molar-refractivity contribution in [1.29, 1.82) is 0 Å². The van der Waals surface area contributed by atoms with Crippen molar-refractivity contribution < 1.29 is 22.4 Å². The predicted molar refractivity (Wildman–Crippen MR) is 122 cm³/mol. The number of fused-ring (bicyclic) bond motifs is 1. The summed E-state index contributed by atoms with van der Waals surface area (Å²) < 4.78 is 41.6. The minimum absolute atomic E-state index is 0.123. The van der Waals surface area contributed by atoms with Crippen LogP contribution in [0.3, 0.4) is 0 Å². The largest absolute Gasteiger partial charge is 0.326 e. The van der Waals surface area contributed by atoms with Crippen LogP contribution in [0.5, 0.6) is 0 Å². The number of halogens is 2. The molecule has 0 radical (unpaired) electrons. The monoisotopic (exact) mass is 523 g/mol. The van der Waals surface area contributed by atoms with Crippen molar-refractivity contribution in [3.05, 3.63) is 52.3 Å². The van der Waals surface area contributed by atoms with Gasteiger partial charge < -0.3 is 10.2 Å². The van der Waals surface area contributed by atoms with E-state index in [0.29, 0.717) is 41.7 Å². The summed E-state index contributed by atoms with van der Waals surface area (Å²) in [7, 11) is -3.80. The Morgan fingerprint density at radius 1 is 1.09 bits per heavy atom. The normalized spacial score (nSPS) is 17.3. The van der Waals surface area contributed by atoms with Gasteiger partial charge in [-0.1, -0.05) is 0 Å². The first kappa shape index (κ1) is 22.9. The van der Waals surface area contributed by atoms with Crippen molar-refractivity contribution in [1.82, 2.24) is 4.31 Å². The summed E-state index contributed by atoms with van der Waals surface area (Å²) in [5.41, 5.74) is 2.07. The zero-order valence-corrected chi connectivity index (χ0v) is 19.9. The maximum atomic E-state index is 13.3. The van der Waals surface area contributed by atoms with Crippen LogP contribution in [0, 0.1) is 11.7 Å². The van der Waals surface area contributed by atoms with Crippen LogP contribution < -0.4 is 10.2 Å². The molecule has 0 spiro atoms. The van der Waals surface area contributed by atoms with Crippen LogP contribution in [-0.2, 0) is 26.0 Å². The van der Waals surface area contributed by atoms with Gasteiger partial charge in [0.15, 0.2) is 0 Å². The van der Waals surface area contributed by atoms with Crippen molar-refractivity contribution in [2.24, 2.45) is 5.92 Å². The molecule has 7 nitrogen and oxygen atoms in total. The number of piperidine rings is 1. The summed E-state index contributed by atoms with van der Waals surface area (Å²) in [6, 6.07) is 8.86. The summed E-state index contributed by atoms with van der Waals surface area (Å²) in [5, 5.41) is 2.76. The summed E-state index contributed by atoms with van der Waals surface area (Å²) in [6.07, 6.45) is 1.45. The average Bonchev–Trinajstić information content (AvgIpc) is 3.17. The Bertz CT molecular complexity index is 1160. The Morgan fingerprint density at radius 2 is 1.75 bits per heavy atom. The number of nitrogens with one attached hydrogen (secondary N) is 1. The lowest BCUT2D eigenvalue weighted by Gasteiger charge is -2.31. The Hall–Kier alpha value is -2.30. The molecule has 4 rings (SSSR count). The highest BCUT2D eigenvalue weighted by Crippen LogP contribution is 2.37. The fraction of sp³-hybridized carbons (Fsp3) is 0.364. The van der Waals surface area contributed by atoms with E-state index >= 15 is 0 Å². The number of carbonyl (C=O) groups excluding carboxylic acids is 2. The van der Waals surface area contributed by atoms with Gasteiger partial charge in [0.05, 0.1) is 4.90 Å². The Balaban J connectivity index is 1.46. The second kappa shape index (κ2) is 8.92. The molecule has 0 aromatic heterocycles. The predicted octanol–water partition coefficient (Wildman–Crippen LogP) is 3.54. The van der Waals surface area contributed by atoms with Crippen LogP contribution in [0.4, 0.5) is 15.8 Å². The highest BCUT2D eigenvalue weighted by atomic mass is 79.9. The van der Waals surface area contributed by atoms with E-state index in [1.54, 1.807) is 17.0 Å². The molecular formula is C22H23BrFN3O4S. The Kier molecular flexibility index (Phi) is 6.37. The Morgan fingerprint density at radius 3 is 2.38 bits per heavy atom. The van der Waals surface area contributed by atoms with E-state index in [9.17, 15) is 22.4 Å². The van der Waals surface area contributed by atoms with Crippen molar-refractivity contribution in [3.8, 4) is 0 Å². The maximum Gasteiger partial charge on any atom is 0.244 e. The molecule has 0 saturated carbocycles. The first-order valence-electron chi connectivity index (χ1n) is 10.3. The van der Waals surface area contributed by atoms with E-state index in [1.165, 1.54) is 35.5 Å². The van der Waals surface area contributed by atoms with Crippen LogP contribution in [0.15, 0.2) is 45.8 Å². The maximum absolute atomic E-state index is 13.3. The van der Waals surface area contributed by atoms with Crippen molar-refractivity contribution in [2.45, 2.75) is 31.1 Å². The van der Waals surface area contributed by atoms with Gasteiger partial charge in [0.25, 0.3) is 0 Å². The lowest BCUT2D eigenvalue weighted by Crippen LogP contribution is -2.41. The molecule has 1 fully saturated rings. The fourth-order valence-electron chi connectivity index (χ4n) is 4.19. The first-order chi connectivity index (χ1) is 15.2. The molecule has 2 aromatic carbocycles. The number of hydrogen-bond acceptors (Lipinski definition) is 4. The van der Waals surface area contributed by atoms with Crippen molar-refractivity contribution >= 4 is 49.1 Å². The van der Waals surface area contributed by atoms with Gasteiger partial charge >= 0.3 is 0 Å². The standard InChI is InChI=1S/C22H23BrFN3O4S/c1-14(28)27-11-8-16-12-19(23)21(13-20(16)27)32(30,31)26-9-6-15(7-10-26)22(29)25-18-4-2-17(24)3-5-18/h2-5,12-13,15H,6-11H2,1H3,(H,25,29). The third-order valence-electron chi connectivity index (χ3n) is 5.96. The van der Waals surface area contributed by atoms with Crippen molar-refractivity contribution in [3.63, 3.8) is 0 Å². The van der Waals surface area contributed by atoms with E-state index in [2.05, 4.69) is 21.2 Å². The summed E-state index contributed by atoms with van der Waals surface area (Å²) >= 11 is 3.39. The highest BCUT2D eigenvalue weighted by Gasteiger charge is 2.35. The third-order valence-corrected chi connectivity index (χ3v) is 8.82. The van der Waals surface area contributed by atoms with Crippen LogP contribution in [0.2, 0.25) is 0 Å². The lowest BCUT2D eigenvalue weighted by atomic mass is 9.97. The molecule has 2 aromatic rings. The van der Waals surface area contributed by atoms with Gasteiger partial charge in [-0.3, -0.25) is 9.59 Å². The van der Waals surface area contributed by atoms with Crippen LogP contribution in [-0.4, -0.2) is 44.2 Å². The van der Waals surface area contributed by atoms with Gasteiger partial charge in [0, 0.05) is 48.3 Å². The molecule has 0 bridgehead atoms. The third kappa shape index (κ3) is 4.44. The summed E-state index contributed by atoms with van der Waals surface area (Å²) in [5.74, 6) is -1.04. The number of sulfonamides is 1. The zero-order valence-electron chi connectivity index (χ0n) is 17.5. The molecule has 2 heterocycles. The number of nitrogens with zero attached hydrogens (tertiary/aromatic N) is 2. The number of amides is 2. The topological polar surface area (TPSA) is 86.8 Å². The van der Waals surface area contributed by atoms with Crippen molar-refractivity contribution in [2.75, 3.05) is 29.9 Å². The quantitative estimate of drug-likeness (QED) is 0.663. The number of anilines is 2. The van der Waals surface area contributed by atoms with Crippen LogP contribution in [0.25, 0.3) is 0 Å². The Labute approximate surface area is 194 Å². The number of rotatable bonds is 4. The molecule has 1 saturated heterocycles. The lowest BCUT2D eigenvalue weighted by molar-refractivity contribution is -0.121. The second-order valence-corrected chi connectivity index (χ2v) is 10.8. The molecule has 2 amide bonds. The molecule has 0 aliphatic carbocycles. The summed E-state index contributed by atoms with van der Waals surface area (Å²) in [6.45, 7) is 2.43. The molecule has 0 atom stereocenters. The number of benzene rings is 2. The zero-order chi connectivity index (χ0) is 23.0. The molecule has 0 unspecified atom stereocenters. The van der Waals surface area contributed by atoms with Crippen LogP contribution >= 0.6 is 15.9 Å². The number of hydrogen-bond donors (Lipinski definition) is 1. The molecule has 1 N–H and O–H groups in total.